The molecule has 0 saturated heterocycles. The molecule has 0 aliphatic carbocycles. The molecule has 0 spiro atoms. The maximum absolute atomic E-state index is 10.6. The molecule has 0 fully saturated rings. The van der Waals surface area contributed by atoms with Crippen molar-refractivity contribution in [3.8, 4) is 22.5 Å². The molecule has 7 nitrogen and oxygen atoms in total. The SMILES string of the molecule is CCCc1nc(C(C)(C)O)c(CC)n1Cc1ccc(-c2ccccc2-c2nn[nH]n2)cc1. The highest BCUT2D eigenvalue weighted by molar-refractivity contribution is 5.80. The van der Waals surface area contributed by atoms with E-state index in [2.05, 4.69) is 69.4 Å². The van der Waals surface area contributed by atoms with Crippen LogP contribution >= 0.6 is 0 Å². The minimum atomic E-state index is -0.957. The molecule has 4 aromatic rings. The average Bonchev–Trinajstić information content (AvgIpc) is 3.43. The molecule has 2 heterocycles. The van der Waals surface area contributed by atoms with E-state index in [0.29, 0.717) is 5.82 Å². The summed E-state index contributed by atoms with van der Waals surface area (Å²) in [6, 6.07) is 16.6. The fourth-order valence-electron chi connectivity index (χ4n) is 4.16. The van der Waals surface area contributed by atoms with Gasteiger partial charge in [-0.3, -0.25) is 0 Å². The predicted molar refractivity (Wildman–Crippen MR) is 125 cm³/mol. The summed E-state index contributed by atoms with van der Waals surface area (Å²) in [5.74, 6) is 1.62. The zero-order valence-electron chi connectivity index (χ0n) is 19.1. The lowest BCUT2D eigenvalue weighted by Gasteiger charge is -2.18. The van der Waals surface area contributed by atoms with Crippen molar-refractivity contribution in [3.05, 3.63) is 71.3 Å². The third-order valence-electron chi connectivity index (χ3n) is 5.66. The van der Waals surface area contributed by atoms with E-state index >= 15 is 0 Å². The molecule has 0 saturated carbocycles. The van der Waals surface area contributed by atoms with E-state index in [1.54, 1.807) is 0 Å². The van der Waals surface area contributed by atoms with Crippen molar-refractivity contribution >= 4 is 0 Å². The number of hydrogen-bond acceptors (Lipinski definition) is 5. The van der Waals surface area contributed by atoms with Gasteiger partial charge >= 0.3 is 0 Å². The highest BCUT2D eigenvalue weighted by atomic mass is 16.3. The van der Waals surface area contributed by atoms with Crippen molar-refractivity contribution < 1.29 is 5.11 Å². The molecule has 0 atom stereocenters. The molecule has 0 amide bonds. The van der Waals surface area contributed by atoms with Gasteiger partial charge in [0, 0.05) is 24.2 Å². The molecule has 7 heteroatoms. The van der Waals surface area contributed by atoms with Crippen molar-refractivity contribution in [3.63, 3.8) is 0 Å². The number of aryl methyl sites for hydroxylation is 1. The van der Waals surface area contributed by atoms with Gasteiger partial charge in [-0.2, -0.15) is 5.21 Å². The topological polar surface area (TPSA) is 92.5 Å². The fourth-order valence-corrected chi connectivity index (χ4v) is 4.16. The second-order valence-electron chi connectivity index (χ2n) is 8.55. The van der Waals surface area contributed by atoms with E-state index in [1.807, 2.05) is 32.0 Å². The first-order valence-electron chi connectivity index (χ1n) is 11.2. The van der Waals surface area contributed by atoms with Gasteiger partial charge in [0.2, 0.25) is 5.82 Å². The van der Waals surface area contributed by atoms with E-state index in [0.717, 1.165) is 59.7 Å². The molecule has 4 rings (SSSR count). The van der Waals surface area contributed by atoms with E-state index in [9.17, 15) is 5.11 Å². The van der Waals surface area contributed by atoms with Crippen LogP contribution in [-0.2, 0) is 25.0 Å². The Labute approximate surface area is 188 Å². The summed E-state index contributed by atoms with van der Waals surface area (Å²) in [5, 5.41) is 25.1. The zero-order valence-corrected chi connectivity index (χ0v) is 19.1. The molecule has 2 N–H and O–H groups in total. The van der Waals surface area contributed by atoms with Crippen molar-refractivity contribution in [1.29, 1.82) is 0 Å². The maximum atomic E-state index is 10.6. The predicted octanol–water partition coefficient (Wildman–Crippen LogP) is 4.52. The van der Waals surface area contributed by atoms with Crippen molar-refractivity contribution in [2.75, 3.05) is 0 Å². The molecule has 166 valence electrons. The average molecular weight is 431 g/mol. The number of benzene rings is 2. The van der Waals surface area contributed by atoms with Crippen LogP contribution in [0, 0.1) is 0 Å². The number of aliphatic hydroxyl groups is 1. The van der Waals surface area contributed by atoms with Gasteiger partial charge < -0.3 is 9.67 Å². The number of imidazole rings is 1. The summed E-state index contributed by atoms with van der Waals surface area (Å²) >= 11 is 0. The number of nitrogens with zero attached hydrogens (tertiary/aromatic N) is 5. The number of H-pyrrole nitrogens is 1. The highest BCUT2D eigenvalue weighted by Gasteiger charge is 2.26. The molecular weight excluding hydrogens is 400 g/mol. The van der Waals surface area contributed by atoms with Crippen LogP contribution in [0.2, 0.25) is 0 Å². The Morgan fingerprint density at radius 1 is 1.00 bits per heavy atom. The van der Waals surface area contributed by atoms with E-state index < -0.39 is 5.60 Å². The first kappa shape index (κ1) is 21.9. The molecule has 32 heavy (non-hydrogen) atoms. The van der Waals surface area contributed by atoms with Crippen molar-refractivity contribution in [1.82, 2.24) is 30.2 Å². The van der Waals surface area contributed by atoms with Crippen LogP contribution in [-0.4, -0.2) is 35.3 Å². The minimum absolute atomic E-state index is 0.582. The molecule has 0 unspecified atom stereocenters. The van der Waals surface area contributed by atoms with E-state index in [-0.39, 0.29) is 0 Å². The standard InChI is InChI=1S/C25H30N6O/c1-5-9-22-26-23(25(3,4)32)21(6-2)31(22)16-17-12-14-18(15-13-17)19-10-7-8-11-20(19)24-27-29-30-28-24/h7-8,10-15,32H,5-6,9,16H2,1-4H3,(H,27,28,29,30). The summed E-state index contributed by atoms with van der Waals surface area (Å²) in [7, 11) is 0. The lowest BCUT2D eigenvalue weighted by atomic mass is 9.98. The van der Waals surface area contributed by atoms with Gasteiger partial charge in [0.1, 0.15) is 11.4 Å². The Kier molecular flexibility index (Phi) is 6.19. The first-order chi connectivity index (χ1) is 15.4. The third-order valence-corrected chi connectivity index (χ3v) is 5.66. The Morgan fingerprint density at radius 2 is 1.72 bits per heavy atom. The zero-order chi connectivity index (χ0) is 22.7. The van der Waals surface area contributed by atoms with Crippen LogP contribution in [0.1, 0.15) is 56.9 Å². The van der Waals surface area contributed by atoms with Crippen LogP contribution in [0.4, 0.5) is 0 Å². The van der Waals surface area contributed by atoms with Gasteiger partial charge in [-0.15, -0.1) is 10.2 Å². The fraction of sp³-hybridized carbons (Fsp3) is 0.360. The Hall–Kier alpha value is -3.32. The molecule has 0 aliphatic heterocycles. The molecule has 0 radical (unpaired) electrons. The molecular formula is C25H30N6O. The summed E-state index contributed by atoms with van der Waals surface area (Å²) in [6.45, 7) is 8.63. The Morgan fingerprint density at radius 3 is 2.31 bits per heavy atom. The Balaban J connectivity index is 1.67. The van der Waals surface area contributed by atoms with Gasteiger partial charge in [-0.1, -0.05) is 62.4 Å². The summed E-state index contributed by atoms with van der Waals surface area (Å²) in [5.41, 5.74) is 5.23. The summed E-state index contributed by atoms with van der Waals surface area (Å²) in [4.78, 5) is 4.83. The number of aromatic nitrogens is 6. The smallest absolute Gasteiger partial charge is 0.205 e. The first-order valence-corrected chi connectivity index (χ1v) is 11.2. The Bertz CT molecular complexity index is 1170. The largest absolute Gasteiger partial charge is 0.384 e. The maximum Gasteiger partial charge on any atom is 0.205 e. The lowest BCUT2D eigenvalue weighted by Crippen LogP contribution is -2.19. The minimum Gasteiger partial charge on any atom is -0.384 e. The quantitative estimate of drug-likeness (QED) is 0.429. The van der Waals surface area contributed by atoms with E-state index in [1.165, 1.54) is 5.56 Å². The normalized spacial score (nSPS) is 11.8. The highest BCUT2D eigenvalue weighted by Crippen LogP contribution is 2.30. The summed E-state index contributed by atoms with van der Waals surface area (Å²) < 4.78 is 2.28. The van der Waals surface area contributed by atoms with Gasteiger partial charge in [0.15, 0.2) is 0 Å². The molecule has 2 aromatic heterocycles. The lowest BCUT2D eigenvalue weighted by molar-refractivity contribution is 0.0730. The molecule has 0 bridgehead atoms. The van der Waals surface area contributed by atoms with Gasteiger partial charge in [-0.25, -0.2) is 4.98 Å². The van der Waals surface area contributed by atoms with Crippen LogP contribution < -0.4 is 0 Å². The second kappa shape index (κ2) is 9.04. The second-order valence-corrected chi connectivity index (χ2v) is 8.55. The van der Waals surface area contributed by atoms with Crippen molar-refractivity contribution in [2.45, 2.75) is 59.1 Å². The number of aromatic amines is 1. The molecule has 2 aromatic carbocycles. The van der Waals surface area contributed by atoms with Crippen LogP contribution in [0.5, 0.6) is 0 Å². The van der Waals surface area contributed by atoms with Gasteiger partial charge in [0.25, 0.3) is 0 Å². The third kappa shape index (κ3) is 4.34. The van der Waals surface area contributed by atoms with Gasteiger partial charge in [0.05, 0.1) is 5.69 Å². The molecule has 0 aliphatic rings. The van der Waals surface area contributed by atoms with E-state index in [4.69, 9.17) is 4.98 Å². The monoisotopic (exact) mass is 430 g/mol. The van der Waals surface area contributed by atoms with Gasteiger partial charge in [-0.05, 0) is 48.6 Å². The number of hydrogen-bond donors (Lipinski definition) is 2. The van der Waals surface area contributed by atoms with Crippen LogP contribution in [0.3, 0.4) is 0 Å². The van der Waals surface area contributed by atoms with Crippen LogP contribution in [0.25, 0.3) is 22.5 Å². The number of nitrogens with one attached hydrogen (secondary N) is 1. The number of tetrazole rings is 1. The number of rotatable bonds is 8. The van der Waals surface area contributed by atoms with Crippen molar-refractivity contribution in [2.24, 2.45) is 0 Å². The summed E-state index contributed by atoms with van der Waals surface area (Å²) in [6.07, 6.45) is 2.72. The van der Waals surface area contributed by atoms with Crippen LogP contribution in [0.15, 0.2) is 48.5 Å².